The molecule has 0 saturated heterocycles. The number of para-hydroxylation sites is 1. The molecular weight excluding hydrogens is 399 g/mol. The molecule has 0 spiro atoms. The highest BCUT2D eigenvalue weighted by atomic mass is 79.9. The number of carboxylic acid groups (broad SMARTS) is 1. The van der Waals surface area contributed by atoms with E-state index in [-0.39, 0.29) is 16.3 Å². The highest BCUT2D eigenvalue weighted by Gasteiger charge is 2.16. The van der Waals surface area contributed by atoms with Crippen LogP contribution < -0.4 is 4.74 Å². The van der Waals surface area contributed by atoms with Crippen LogP contribution in [0.3, 0.4) is 0 Å². The maximum Gasteiger partial charge on any atom is 0.339 e. The van der Waals surface area contributed by atoms with E-state index in [1.807, 2.05) is 0 Å². The number of hydrogen-bond donors (Lipinski definition) is 1. The molecule has 0 bridgehead atoms. The Hall–Kier alpha value is -1.04. The topological polar surface area (TPSA) is 46.5 Å². The van der Waals surface area contributed by atoms with Crippen LogP contribution in [0.5, 0.6) is 11.5 Å². The third-order valence-corrected chi connectivity index (χ3v) is 3.71. The average Bonchev–Trinajstić information content (AvgIpc) is 2.34. The highest BCUT2D eigenvalue weighted by Crippen LogP contribution is 2.37. The molecule has 0 heterocycles. The Morgan fingerprint density at radius 2 is 1.95 bits per heavy atom. The molecule has 0 radical (unpaired) electrons. The lowest BCUT2D eigenvalue weighted by atomic mass is 10.2. The SMILES string of the molecule is O=C(O)c1cccc(Cl)c1Oc1ccc(Br)cc1Br. The van der Waals surface area contributed by atoms with Gasteiger partial charge in [0.1, 0.15) is 11.3 Å². The molecule has 0 aliphatic heterocycles. The van der Waals surface area contributed by atoms with Gasteiger partial charge in [0.2, 0.25) is 0 Å². The van der Waals surface area contributed by atoms with Crippen molar-refractivity contribution in [3.05, 3.63) is 55.9 Å². The lowest BCUT2D eigenvalue weighted by molar-refractivity contribution is 0.0694. The van der Waals surface area contributed by atoms with Gasteiger partial charge < -0.3 is 9.84 Å². The van der Waals surface area contributed by atoms with Crippen molar-refractivity contribution in [3.8, 4) is 11.5 Å². The van der Waals surface area contributed by atoms with Crippen molar-refractivity contribution in [2.24, 2.45) is 0 Å². The normalized spacial score (nSPS) is 10.3. The Morgan fingerprint density at radius 3 is 2.58 bits per heavy atom. The summed E-state index contributed by atoms with van der Waals surface area (Å²) < 4.78 is 7.18. The summed E-state index contributed by atoms with van der Waals surface area (Å²) in [6.07, 6.45) is 0. The summed E-state index contributed by atoms with van der Waals surface area (Å²) in [5.74, 6) is -0.482. The summed E-state index contributed by atoms with van der Waals surface area (Å²) >= 11 is 12.7. The van der Waals surface area contributed by atoms with Crippen LogP contribution in [0.2, 0.25) is 5.02 Å². The minimum absolute atomic E-state index is 0.0160. The third kappa shape index (κ3) is 3.29. The minimum atomic E-state index is -1.09. The molecule has 19 heavy (non-hydrogen) atoms. The molecule has 2 rings (SSSR count). The van der Waals surface area contributed by atoms with Crippen molar-refractivity contribution in [3.63, 3.8) is 0 Å². The maximum absolute atomic E-state index is 11.1. The maximum atomic E-state index is 11.1. The standard InChI is InChI=1S/C13H7Br2ClO3/c14-7-4-5-11(9(15)6-7)19-12-8(13(17)18)2-1-3-10(12)16/h1-6H,(H,17,18). The number of aromatic carboxylic acids is 1. The van der Waals surface area contributed by atoms with Gasteiger partial charge in [-0.05, 0) is 46.3 Å². The first-order valence-electron chi connectivity index (χ1n) is 5.13. The van der Waals surface area contributed by atoms with E-state index in [0.717, 1.165) is 4.47 Å². The van der Waals surface area contributed by atoms with Gasteiger partial charge in [-0.2, -0.15) is 0 Å². The smallest absolute Gasteiger partial charge is 0.339 e. The number of hydrogen-bond acceptors (Lipinski definition) is 2. The van der Waals surface area contributed by atoms with E-state index in [2.05, 4.69) is 31.9 Å². The van der Waals surface area contributed by atoms with Crippen LogP contribution in [-0.4, -0.2) is 11.1 Å². The molecule has 6 heteroatoms. The van der Waals surface area contributed by atoms with Gasteiger partial charge in [0, 0.05) is 4.47 Å². The lowest BCUT2D eigenvalue weighted by Crippen LogP contribution is -2.00. The van der Waals surface area contributed by atoms with Crippen LogP contribution in [0.15, 0.2) is 45.3 Å². The van der Waals surface area contributed by atoms with E-state index in [4.69, 9.17) is 21.4 Å². The highest BCUT2D eigenvalue weighted by molar-refractivity contribution is 9.11. The van der Waals surface area contributed by atoms with Crippen LogP contribution in [0.4, 0.5) is 0 Å². The van der Waals surface area contributed by atoms with Crippen LogP contribution in [0, 0.1) is 0 Å². The van der Waals surface area contributed by atoms with Gasteiger partial charge in [-0.15, -0.1) is 0 Å². The molecule has 0 aromatic heterocycles. The van der Waals surface area contributed by atoms with Gasteiger partial charge in [-0.25, -0.2) is 4.79 Å². The van der Waals surface area contributed by atoms with E-state index in [1.165, 1.54) is 6.07 Å². The second-order valence-electron chi connectivity index (χ2n) is 3.60. The number of ether oxygens (including phenoxy) is 1. The molecule has 0 atom stereocenters. The van der Waals surface area contributed by atoms with Crippen molar-refractivity contribution in [2.75, 3.05) is 0 Å². The summed E-state index contributed by atoms with van der Waals surface area (Å²) in [6, 6.07) is 9.88. The summed E-state index contributed by atoms with van der Waals surface area (Å²) in [5.41, 5.74) is 0.0160. The fourth-order valence-corrected chi connectivity index (χ4v) is 2.79. The molecule has 3 nitrogen and oxygen atoms in total. The van der Waals surface area contributed by atoms with Crippen molar-refractivity contribution in [2.45, 2.75) is 0 Å². The molecule has 0 fully saturated rings. The second kappa shape index (κ2) is 5.94. The van der Waals surface area contributed by atoms with Gasteiger partial charge in [0.15, 0.2) is 5.75 Å². The number of halogens is 3. The first-order valence-corrected chi connectivity index (χ1v) is 7.10. The van der Waals surface area contributed by atoms with E-state index in [0.29, 0.717) is 10.2 Å². The Bertz CT molecular complexity index is 644. The molecule has 2 aromatic carbocycles. The zero-order valence-corrected chi connectivity index (χ0v) is 13.3. The molecular formula is C13H7Br2ClO3. The summed E-state index contributed by atoms with van der Waals surface area (Å²) in [5, 5.41) is 9.37. The molecule has 0 amide bonds. The van der Waals surface area contributed by atoms with Gasteiger partial charge >= 0.3 is 5.97 Å². The predicted octanol–water partition coefficient (Wildman–Crippen LogP) is 5.36. The van der Waals surface area contributed by atoms with E-state index < -0.39 is 5.97 Å². The first-order chi connectivity index (χ1) is 8.99. The van der Waals surface area contributed by atoms with Crippen LogP contribution in [-0.2, 0) is 0 Å². The minimum Gasteiger partial charge on any atom is -0.478 e. The second-order valence-corrected chi connectivity index (χ2v) is 5.78. The summed E-state index contributed by atoms with van der Waals surface area (Å²) in [6.45, 7) is 0. The molecule has 0 saturated carbocycles. The van der Waals surface area contributed by atoms with Crippen molar-refractivity contribution < 1.29 is 14.6 Å². The third-order valence-electron chi connectivity index (χ3n) is 2.30. The summed E-state index contributed by atoms with van der Waals surface area (Å²) in [7, 11) is 0. The van der Waals surface area contributed by atoms with Crippen LogP contribution in [0.25, 0.3) is 0 Å². The van der Waals surface area contributed by atoms with Crippen LogP contribution >= 0.6 is 43.5 Å². The zero-order chi connectivity index (χ0) is 14.0. The molecule has 2 aromatic rings. The van der Waals surface area contributed by atoms with Gasteiger partial charge in [0.05, 0.1) is 9.50 Å². The molecule has 1 N–H and O–H groups in total. The Balaban J connectivity index is 2.46. The van der Waals surface area contributed by atoms with Gasteiger partial charge in [-0.3, -0.25) is 0 Å². The van der Waals surface area contributed by atoms with Gasteiger partial charge in [-0.1, -0.05) is 33.6 Å². The Labute approximate surface area is 131 Å². The quantitative estimate of drug-likeness (QED) is 0.747. The zero-order valence-electron chi connectivity index (χ0n) is 9.36. The van der Waals surface area contributed by atoms with Crippen LogP contribution in [0.1, 0.15) is 10.4 Å². The van der Waals surface area contributed by atoms with E-state index >= 15 is 0 Å². The fraction of sp³-hybridized carbons (Fsp3) is 0. The number of carboxylic acids is 1. The molecule has 98 valence electrons. The molecule has 0 unspecified atom stereocenters. The van der Waals surface area contributed by atoms with Gasteiger partial charge in [0.25, 0.3) is 0 Å². The predicted molar refractivity (Wildman–Crippen MR) is 80.3 cm³/mol. The number of rotatable bonds is 3. The lowest BCUT2D eigenvalue weighted by Gasteiger charge is -2.12. The molecule has 0 aliphatic rings. The van der Waals surface area contributed by atoms with Crippen molar-refractivity contribution in [1.82, 2.24) is 0 Å². The van der Waals surface area contributed by atoms with Crippen molar-refractivity contribution >= 4 is 49.4 Å². The van der Waals surface area contributed by atoms with E-state index in [1.54, 1.807) is 30.3 Å². The summed E-state index contributed by atoms with van der Waals surface area (Å²) in [4.78, 5) is 11.1. The van der Waals surface area contributed by atoms with E-state index in [9.17, 15) is 4.79 Å². The Kier molecular flexibility index (Phi) is 4.50. The monoisotopic (exact) mass is 404 g/mol. The fourth-order valence-electron chi connectivity index (χ4n) is 1.45. The first kappa shape index (κ1) is 14.4. The average molecular weight is 406 g/mol. The Morgan fingerprint density at radius 1 is 1.21 bits per heavy atom. The number of benzene rings is 2. The molecule has 0 aliphatic carbocycles. The number of carbonyl (C=O) groups is 1. The van der Waals surface area contributed by atoms with Crippen molar-refractivity contribution in [1.29, 1.82) is 0 Å². The largest absolute Gasteiger partial charge is 0.478 e.